The van der Waals surface area contributed by atoms with Crippen molar-refractivity contribution in [3.63, 3.8) is 0 Å². The first kappa shape index (κ1) is 22.2. The van der Waals surface area contributed by atoms with E-state index in [0.29, 0.717) is 16.9 Å². The van der Waals surface area contributed by atoms with E-state index in [0.717, 1.165) is 15.7 Å². The van der Waals surface area contributed by atoms with Crippen LogP contribution in [0.5, 0.6) is 0 Å². The molecule has 9 nitrogen and oxygen atoms in total. The number of amides is 2. The molecule has 2 aromatic heterocycles. The van der Waals surface area contributed by atoms with Gasteiger partial charge in [-0.3, -0.25) is 14.8 Å². The number of nitrogens with zero attached hydrogens (tertiary/aromatic N) is 5. The van der Waals surface area contributed by atoms with Crippen LogP contribution in [0, 0.1) is 10.6 Å². The Labute approximate surface area is 185 Å². The highest BCUT2D eigenvalue weighted by Crippen LogP contribution is 2.24. The molecule has 1 N–H and O–H groups in total. The van der Waals surface area contributed by atoms with Crippen molar-refractivity contribution in [2.75, 3.05) is 4.90 Å². The van der Waals surface area contributed by atoms with Crippen LogP contribution < -0.4 is 4.90 Å². The van der Waals surface area contributed by atoms with Crippen molar-refractivity contribution >= 4 is 21.4 Å². The number of nitrogens with one attached hydrogen (secondary N) is 1. The third-order valence-corrected chi connectivity index (χ3v) is 5.51. The lowest BCUT2D eigenvalue weighted by atomic mass is 10.2. The van der Waals surface area contributed by atoms with E-state index in [4.69, 9.17) is 9.20 Å². The molecule has 0 fully saturated rings. The summed E-state index contributed by atoms with van der Waals surface area (Å²) >= 11 is 0. The Kier molecular flexibility index (Phi) is 5.96. The predicted octanol–water partition coefficient (Wildman–Crippen LogP) is 4.64. The van der Waals surface area contributed by atoms with Gasteiger partial charge in [-0.15, -0.1) is 10.2 Å². The van der Waals surface area contributed by atoms with Crippen molar-refractivity contribution < 1.29 is 26.6 Å². The Morgan fingerprint density at radius 2 is 1.82 bits per heavy atom. The van der Waals surface area contributed by atoms with Crippen LogP contribution in [0.3, 0.4) is 0 Å². The molecule has 0 unspecified atom stereocenters. The Bertz CT molecular complexity index is 1300. The van der Waals surface area contributed by atoms with E-state index >= 15 is 0 Å². The van der Waals surface area contributed by atoms with Gasteiger partial charge in [0.2, 0.25) is 5.89 Å². The molecule has 1 aliphatic rings. The van der Waals surface area contributed by atoms with Crippen LogP contribution in [0.25, 0.3) is 11.5 Å². The van der Waals surface area contributed by atoms with E-state index in [2.05, 4.69) is 15.2 Å². The van der Waals surface area contributed by atoms with E-state index < -0.39 is 33.9 Å². The number of aromatic nitrogens is 3. The number of alkyl halides is 2. The lowest BCUT2D eigenvalue weighted by Crippen LogP contribution is -2.38. The molecule has 1 aliphatic heterocycles. The van der Waals surface area contributed by atoms with Crippen LogP contribution in [0.4, 0.5) is 23.7 Å². The summed E-state index contributed by atoms with van der Waals surface area (Å²) < 4.78 is 62.9. The average molecular weight is 476 g/mol. The van der Waals surface area contributed by atoms with Crippen LogP contribution in [0.15, 0.2) is 70.2 Å². The van der Waals surface area contributed by atoms with Crippen molar-refractivity contribution in [2.24, 2.45) is 0 Å². The summed E-state index contributed by atoms with van der Waals surface area (Å²) in [5, 5.41) is 9.01. The molecule has 0 radical (unpaired) electrons. The minimum Gasteiger partial charge on any atom is -0.415 e. The van der Waals surface area contributed by atoms with Crippen LogP contribution >= 0.6 is 0 Å². The summed E-state index contributed by atoms with van der Waals surface area (Å²) in [4.78, 5) is 19.8. The molecular weight excluding hydrogens is 461 g/mol. The maximum atomic E-state index is 13.4. The molecule has 3 aromatic rings. The molecule has 1 aromatic carbocycles. The van der Waals surface area contributed by atoms with Crippen molar-refractivity contribution in [1.29, 1.82) is 4.78 Å². The lowest BCUT2D eigenvalue weighted by molar-refractivity contribution is 0.116. The molecule has 0 aliphatic carbocycles. The van der Waals surface area contributed by atoms with Gasteiger partial charge >= 0.3 is 12.5 Å². The summed E-state index contributed by atoms with van der Waals surface area (Å²) in [5.74, 6) is -1.41. The number of rotatable bonds is 5. The zero-order valence-electron chi connectivity index (χ0n) is 16.6. The smallest absolute Gasteiger partial charge is 0.332 e. The number of carbonyl (C=O) groups is 1. The summed E-state index contributed by atoms with van der Waals surface area (Å²) in [6.07, 6.45) is 0.887. The van der Waals surface area contributed by atoms with E-state index in [-0.39, 0.29) is 12.4 Å². The molecule has 3 heterocycles. The van der Waals surface area contributed by atoms with Crippen LogP contribution in [-0.4, -0.2) is 30.3 Å². The highest BCUT2D eigenvalue weighted by molar-refractivity contribution is 7.98. The van der Waals surface area contributed by atoms with E-state index in [1.165, 1.54) is 53.8 Å². The lowest BCUT2D eigenvalue weighted by Gasteiger charge is -2.27. The second-order valence-corrected chi connectivity index (χ2v) is 8.59. The number of anilines is 1. The first-order valence-corrected chi connectivity index (χ1v) is 11.0. The molecule has 33 heavy (non-hydrogen) atoms. The highest BCUT2D eigenvalue weighted by atomic mass is 32.2. The predicted molar refractivity (Wildman–Crippen MR) is 111 cm³/mol. The first-order chi connectivity index (χ1) is 15.7. The minimum atomic E-state index is -3.04. The first-order valence-electron chi connectivity index (χ1n) is 9.29. The molecule has 0 spiro atoms. The fraction of sp³-hybridized carbons (Fsp3) is 0.100. The molecule has 13 heteroatoms. The van der Waals surface area contributed by atoms with Crippen molar-refractivity contribution in [1.82, 2.24) is 20.1 Å². The van der Waals surface area contributed by atoms with Gasteiger partial charge < -0.3 is 4.42 Å². The Morgan fingerprint density at radius 3 is 2.39 bits per heavy atom. The SMILES string of the molecule is N=S1(=O)C=CN(C(=O)N(Cc2ccc(-c3nnc(C(F)F)o3)cn2)c2ccc(F)cc2)C=C1. The second kappa shape index (κ2) is 8.86. The molecule has 0 saturated heterocycles. The van der Waals surface area contributed by atoms with E-state index in [9.17, 15) is 22.2 Å². The maximum absolute atomic E-state index is 13.4. The van der Waals surface area contributed by atoms with Gasteiger partial charge in [-0.2, -0.15) is 8.78 Å². The third kappa shape index (κ3) is 5.09. The van der Waals surface area contributed by atoms with Gasteiger partial charge in [0.15, 0.2) is 0 Å². The quantitative estimate of drug-likeness (QED) is 0.574. The van der Waals surface area contributed by atoms with Crippen molar-refractivity contribution in [3.8, 4) is 11.5 Å². The van der Waals surface area contributed by atoms with Gasteiger partial charge in [-0.05, 0) is 36.4 Å². The Hall–Kier alpha value is -4.00. The normalized spacial score (nSPS) is 14.6. The van der Waals surface area contributed by atoms with Crippen molar-refractivity contribution in [2.45, 2.75) is 13.0 Å². The van der Waals surface area contributed by atoms with E-state index in [1.54, 1.807) is 6.07 Å². The number of benzene rings is 1. The molecule has 0 saturated carbocycles. The molecular formula is C20H15F3N6O3S. The summed E-state index contributed by atoms with van der Waals surface area (Å²) in [7, 11) is -3.04. The number of hydrogen-bond donors (Lipinski definition) is 1. The number of hydrogen-bond acceptors (Lipinski definition) is 7. The van der Waals surface area contributed by atoms with Gasteiger partial charge in [-0.25, -0.2) is 18.2 Å². The number of urea groups is 1. The zero-order valence-corrected chi connectivity index (χ0v) is 17.5. The molecule has 4 rings (SSSR count). The van der Waals surface area contributed by atoms with Crippen LogP contribution in [0.2, 0.25) is 0 Å². The number of pyridine rings is 1. The summed E-state index contributed by atoms with van der Waals surface area (Å²) in [5.41, 5.74) is 1.09. The molecule has 2 amide bonds. The Balaban J connectivity index is 1.59. The molecule has 0 bridgehead atoms. The number of halogens is 3. The van der Waals surface area contributed by atoms with Gasteiger partial charge in [0.05, 0.1) is 27.5 Å². The van der Waals surface area contributed by atoms with Gasteiger partial charge in [0, 0.05) is 35.1 Å². The van der Waals surface area contributed by atoms with Gasteiger partial charge in [0.25, 0.3) is 5.89 Å². The van der Waals surface area contributed by atoms with Crippen LogP contribution in [-0.2, 0) is 16.3 Å². The topological polar surface area (TPSA) is 116 Å². The van der Waals surface area contributed by atoms with Gasteiger partial charge in [-0.1, -0.05) is 0 Å². The summed E-state index contributed by atoms with van der Waals surface area (Å²) in [6.45, 7) is -0.0364. The average Bonchev–Trinajstić information content (AvgIpc) is 3.29. The van der Waals surface area contributed by atoms with Gasteiger partial charge in [0.1, 0.15) is 5.82 Å². The van der Waals surface area contributed by atoms with Crippen molar-refractivity contribution in [3.05, 3.63) is 83.2 Å². The monoisotopic (exact) mass is 476 g/mol. The minimum absolute atomic E-state index is 0.0364. The largest absolute Gasteiger partial charge is 0.415 e. The highest BCUT2D eigenvalue weighted by Gasteiger charge is 2.23. The third-order valence-electron chi connectivity index (χ3n) is 4.46. The summed E-state index contributed by atoms with van der Waals surface area (Å²) in [6, 6.07) is 7.72. The number of carbonyl (C=O) groups excluding carboxylic acids is 1. The fourth-order valence-electron chi connectivity index (χ4n) is 2.81. The van der Waals surface area contributed by atoms with Crippen LogP contribution in [0.1, 0.15) is 18.0 Å². The fourth-order valence-corrected chi connectivity index (χ4v) is 3.52. The zero-order chi connectivity index (χ0) is 23.6. The second-order valence-electron chi connectivity index (χ2n) is 6.75. The molecule has 170 valence electrons. The maximum Gasteiger partial charge on any atom is 0.332 e. The van der Waals surface area contributed by atoms with E-state index in [1.807, 2.05) is 0 Å². The Morgan fingerprint density at radius 1 is 1.12 bits per heavy atom. The standard InChI is InChI=1S/C20H15F3N6O3S/c21-14-2-5-16(6-3-14)29(20(30)28-7-9-33(24,31)10-8-28)12-15-4-1-13(11-25-15)18-26-27-19(32-18)17(22)23/h1-11,17,24H,12H2. The molecule has 0 atom stereocenters.